The number of halogens is 2. The van der Waals surface area contributed by atoms with E-state index in [4.69, 9.17) is 5.73 Å². The Morgan fingerprint density at radius 1 is 1.00 bits per heavy atom. The first-order valence-electron chi connectivity index (χ1n) is 9.52. The number of nitrogens with two attached hydrogens (primary N) is 1. The first kappa shape index (κ1) is 26.2. The molecule has 6 heteroatoms. The minimum atomic E-state index is 0. The van der Waals surface area contributed by atoms with Gasteiger partial charge in [-0.25, -0.2) is 0 Å². The summed E-state index contributed by atoms with van der Waals surface area (Å²) in [5, 5.41) is 3.01. The van der Waals surface area contributed by atoms with E-state index in [1.165, 1.54) is 18.4 Å². The fourth-order valence-corrected chi connectivity index (χ4v) is 2.91. The molecule has 0 aliphatic carbocycles. The molecule has 156 valence electrons. The van der Waals surface area contributed by atoms with Crippen molar-refractivity contribution in [3.8, 4) is 0 Å². The highest BCUT2D eigenvalue weighted by atomic mass is 35.5. The second-order valence-corrected chi connectivity index (χ2v) is 6.74. The Kier molecular flexibility index (Phi) is 13.4. The number of carbonyl (C=O) groups excluding carboxylic acids is 1. The van der Waals surface area contributed by atoms with Gasteiger partial charge in [0.1, 0.15) is 0 Å². The number of carbonyl (C=O) groups is 1. The van der Waals surface area contributed by atoms with Crippen molar-refractivity contribution in [1.29, 1.82) is 0 Å². The number of nitrogens with one attached hydrogen (secondary N) is 1. The van der Waals surface area contributed by atoms with E-state index in [9.17, 15) is 4.79 Å². The molecule has 0 saturated heterocycles. The van der Waals surface area contributed by atoms with Crippen LogP contribution in [0.2, 0.25) is 0 Å². The summed E-state index contributed by atoms with van der Waals surface area (Å²) >= 11 is 0. The van der Waals surface area contributed by atoms with Gasteiger partial charge in [0, 0.05) is 18.8 Å². The predicted molar refractivity (Wildman–Crippen MR) is 123 cm³/mol. The summed E-state index contributed by atoms with van der Waals surface area (Å²) < 4.78 is 0. The van der Waals surface area contributed by atoms with Crippen molar-refractivity contribution in [1.82, 2.24) is 10.2 Å². The lowest BCUT2D eigenvalue weighted by Crippen LogP contribution is -2.25. The molecule has 0 aromatic heterocycles. The predicted octanol–water partition coefficient (Wildman–Crippen LogP) is 4.59. The summed E-state index contributed by atoms with van der Waals surface area (Å²) in [6, 6.07) is 15.9. The largest absolute Gasteiger partial charge is 0.399 e. The third-order valence-electron chi connectivity index (χ3n) is 4.51. The van der Waals surface area contributed by atoms with E-state index in [2.05, 4.69) is 48.3 Å². The Morgan fingerprint density at radius 2 is 1.68 bits per heavy atom. The molecule has 0 unspecified atom stereocenters. The molecule has 0 spiro atoms. The molecule has 2 aromatic carbocycles. The third kappa shape index (κ3) is 9.45. The summed E-state index contributed by atoms with van der Waals surface area (Å²) in [5.41, 5.74) is 9.80. The van der Waals surface area contributed by atoms with Gasteiger partial charge >= 0.3 is 0 Å². The van der Waals surface area contributed by atoms with Gasteiger partial charge in [-0.2, -0.15) is 0 Å². The fraction of sp³-hybridized carbons (Fsp3) is 0.409. The number of anilines is 1. The third-order valence-corrected chi connectivity index (χ3v) is 4.51. The number of rotatable bonds is 10. The van der Waals surface area contributed by atoms with Crippen LogP contribution in [0.4, 0.5) is 5.69 Å². The zero-order chi connectivity index (χ0) is 18.8. The molecule has 0 radical (unpaired) electrons. The van der Waals surface area contributed by atoms with Crippen molar-refractivity contribution < 1.29 is 4.79 Å². The van der Waals surface area contributed by atoms with Crippen molar-refractivity contribution in [2.45, 2.75) is 46.2 Å². The summed E-state index contributed by atoms with van der Waals surface area (Å²) in [5.74, 6) is 0.0262. The molecule has 1 amide bonds. The maximum absolute atomic E-state index is 12.1. The topological polar surface area (TPSA) is 58.4 Å². The summed E-state index contributed by atoms with van der Waals surface area (Å²) in [6.07, 6.45) is 2.83. The molecule has 0 fully saturated rings. The zero-order valence-electron chi connectivity index (χ0n) is 16.8. The van der Waals surface area contributed by atoms with Crippen LogP contribution in [-0.2, 0) is 24.3 Å². The Labute approximate surface area is 181 Å². The van der Waals surface area contributed by atoms with Crippen molar-refractivity contribution in [3.05, 3.63) is 65.2 Å². The van der Waals surface area contributed by atoms with Crippen LogP contribution in [0.15, 0.2) is 48.5 Å². The molecule has 2 rings (SSSR count). The smallest absolute Gasteiger partial charge is 0.224 e. The number of benzene rings is 2. The first-order chi connectivity index (χ1) is 12.6. The van der Waals surface area contributed by atoms with Gasteiger partial charge in [-0.05, 0) is 48.3 Å². The first-order valence-corrected chi connectivity index (χ1v) is 9.52. The number of unbranched alkanes of at least 4 members (excludes halogenated alkanes) is 1. The molecular weight excluding hydrogens is 393 g/mol. The maximum Gasteiger partial charge on any atom is 0.224 e. The quantitative estimate of drug-likeness (QED) is 0.547. The molecule has 0 atom stereocenters. The lowest BCUT2D eigenvalue weighted by Gasteiger charge is -2.20. The molecule has 0 bridgehead atoms. The van der Waals surface area contributed by atoms with Gasteiger partial charge in [0.25, 0.3) is 0 Å². The van der Waals surface area contributed by atoms with Crippen LogP contribution in [0.3, 0.4) is 0 Å². The minimum absolute atomic E-state index is 0. The summed E-state index contributed by atoms with van der Waals surface area (Å²) in [4.78, 5) is 14.6. The molecule has 28 heavy (non-hydrogen) atoms. The van der Waals surface area contributed by atoms with Gasteiger partial charge < -0.3 is 11.1 Å². The van der Waals surface area contributed by atoms with Gasteiger partial charge in [0.05, 0.1) is 6.42 Å². The van der Waals surface area contributed by atoms with Crippen LogP contribution in [0.5, 0.6) is 0 Å². The Bertz CT molecular complexity index is 692. The summed E-state index contributed by atoms with van der Waals surface area (Å²) in [6.45, 7) is 8.14. The van der Waals surface area contributed by atoms with E-state index >= 15 is 0 Å². The standard InChI is InChI=1S/C22H31N3O.2ClH/c1-3-5-13-25(4-2)17-20-8-6-7-19(14-20)16-24-22(26)15-18-9-11-21(23)12-10-18;;/h6-12,14H,3-5,13,15-17,23H2,1-2H3,(H,24,26);2*1H. The van der Waals surface area contributed by atoms with E-state index in [-0.39, 0.29) is 30.7 Å². The second-order valence-electron chi connectivity index (χ2n) is 6.74. The SMILES string of the molecule is CCCCN(CC)Cc1cccc(CNC(=O)Cc2ccc(N)cc2)c1.Cl.Cl. The highest BCUT2D eigenvalue weighted by Crippen LogP contribution is 2.10. The van der Waals surface area contributed by atoms with Gasteiger partial charge in [0.2, 0.25) is 5.91 Å². The van der Waals surface area contributed by atoms with Crippen LogP contribution in [0.1, 0.15) is 43.4 Å². The zero-order valence-corrected chi connectivity index (χ0v) is 18.5. The number of hydrogen-bond acceptors (Lipinski definition) is 3. The fourth-order valence-electron chi connectivity index (χ4n) is 2.91. The lowest BCUT2D eigenvalue weighted by molar-refractivity contribution is -0.120. The van der Waals surface area contributed by atoms with E-state index < -0.39 is 0 Å². The number of nitrogens with zero attached hydrogens (tertiary/aromatic N) is 1. The van der Waals surface area contributed by atoms with Crippen molar-refractivity contribution in [2.24, 2.45) is 0 Å². The molecule has 0 saturated carbocycles. The molecule has 0 aliphatic rings. The van der Waals surface area contributed by atoms with Crippen molar-refractivity contribution >= 4 is 36.4 Å². The molecule has 0 aliphatic heterocycles. The highest BCUT2D eigenvalue weighted by Gasteiger charge is 2.06. The van der Waals surface area contributed by atoms with Crippen molar-refractivity contribution in [2.75, 3.05) is 18.8 Å². The monoisotopic (exact) mass is 425 g/mol. The van der Waals surface area contributed by atoms with Gasteiger partial charge in [-0.1, -0.05) is 56.7 Å². The molecule has 0 heterocycles. The van der Waals surface area contributed by atoms with Crippen LogP contribution in [-0.4, -0.2) is 23.9 Å². The Balaban J connectivity index is 0.00000364. The number of hydrogen-bond donors (Lipinski definition) is 2. The normalized spacial score (nSPS) is 10.1. The van der Waals surface area contributed by atoms with E-state index in [0.29, 0.717) is 18.7 Å². The molecular formula is C22H33Cl2N3O. The van der Waals surface area contributed by atoms with Gasteiger partial charge in [-0.15, -0.1) is 24.8 Å². The van der Waals surface area contributed by atoms with Crippen LogP contribution in [0, 0.1) is 0 Å². The molecule has 3 N–H and O–H groups in total. The van der Waals surface area contributed by atoms with E-state index in [1.807, 2.05) is 24.3 Å². The van der Waals surface area contributed by atoms with Crippen molar-refractivity contribution in [3.63, 3.8) is 0 Å². The average molecular weight is 426 g/mol. The lowest BCUT2D eigenvalue weighted by atomic mass is 10.1. The van der Waals surface area contributed by atoms with Gasteiger partial charge in [0.15, 0.2) is 0 Å². The highest BCUT2D eigenvalue weighted by molar-refractivity contribution is 5.85. The summed E-state index contributed by atoms with van der Waals surface area (Å²) in [7, 11) is 0. The number of amides is 1. The van der Waals surface area contributed by atoms with E-state index in [1.54, 1.807) is 0 Å². The van der Waals surface area contributed by atoms with Crippen LogP contribution >= 0.6 is 24.8 Å². The Morgan fingerprint density at radius 3 is 2.32 bits per heavy atom. The van der Waals surface area contributed by atoms with E-state index in [0.717, 1.165) is 30.8 Å². The molecule has 2 aromatic rings. The second kappa shape index (κ2) is 14.3. The minimum Gasteiger partial charge on any atom is -0.399 e. The van der Waals surface area contributed by atoms with Crippen LogP contribution < -0.4 is 11.1 Å². The van der Waals surface area contributed by atoms with Crippen LogP contribution in [0.25, 0.3) is 0 Å². The Hall–Kier alpha value is -1.75. The van der Waals surface area contributed by atoms with Gasteiger partial charge in [-0.3, -0.25) is 9.69 Å². The number of nitrogen functional groups attached to an aromatic ring is 1. The maximum atomic E-state index is 12.1. The average Bonchev–Trinajstić information content (AvgIpc) is 2.65. The molecule has 4 nitrogen and oxygen atoms in total.